The molecule has 0 saturated carbocycles. The van der Waals surface area contributed by atoms with E-state index < -0.39 is 54.3 Å². The maximum Gasteiger partial charge on any atom is 0.338 e. The molecule has 2 atom stereocenters. The fourth-order valence-corrected chi connectivity index (χ4v) is 7.67. The van der Waals surface area contributed by atoms with E-state index in [9.17, 15) is 39.0 Å². The summed E-state index contributed by atoms with van der Waals surface area (Å²) < 4.78 is 23.7. The van der Waals surface area contributed by atoms with Gasteiger partial charge >= 0.3 is 35.8 Å². The third-order valence-corrected chi connectivity index (χ3v) is 10.7. The molecule has 6 aromatic carbocycles. The molecule has 2 aromatic heterocycles. The second-order valence-electron chi connectivity index (χ2n) is 15.0. The van der Waals surface area contributed by atoms with Crippen molar-refractivity contribution >= 4 is 90.8 Å². The molecule has 2 heterocycles. The average Bonchev–Trinajstić information content (AvgIpc) is 3.86. The third-order valence-electron chi connectivity index (χ3n) is 10.7. The van der Waals surface area contributed by atoms with Gasteiger partial charge in [-0.15, -0.1) is 0 Å². The Morgan fingerprint density at radius 2 is 0.824 bits per heavy atom. The summed E-state index contributed by atoms with van der Waals surface area (Å²) in [6.45, 7) is -0.752. The number of carboxylic acids is 2. The lowest BCUT2D eigenvalue weighted by molar-refractivity contribution is -0.151. The van der Waals surface area contributed by atoms with Crippen LogP contribution in [0.15, 0.2) is 151 Å². The molecule has 18 nitrogen and oxygen atoms in total. The van der Waals surface area contributed by atoms with Gasteiger partial charge in [-0.05, 0) is 66.2 Å². The maximum absolute atomic E-state index is 12.5. The predicted molar refractivity (Wildman–Crippen MR) is 250 cm³/mol. The SMILES string of the molecule is Nc1ccc(C(=O)OCCOC(=O)C[C@@H](C(=O)O)n2c3ccccc3c3ccccc32)cc1.[N-]=[N+]=Nc1ccc(C(=O)OCCOC(=O)C[C@@H](C(=O)O)n2c3ccccc3c3ccccc32)cc1. The monoisotopic (exact) mass is 918 g/mol. The number of anilines is 1. The number of benzene rings is 6. The maximum atomic E-state index is 12.5. The van der Waals surface area contributed by atoms with Crippen molar-refractivity contribution in [3.05, 3.63) is 167 Å². The Labute approximate surface area is 386 Å². The van der Waals surface area contributed by atoms with Crippen molar-refractivity contribution in [1.29, 1.82) is 0 Å². The number of nitrogen functional groups attached to an aromatic ring is 1. The summed E-state index contributed by atoms with van der Waals surface area (Å²) in [6.07, 6.45) is -0.767. The van der Waals surface area contributed by atoms with Crippen LogP contribution in [-0.4, -0.2) is 81.6 Å². The van der Waals surface area contributed by atoms with Crippen LogP contribution in [0.25, 0.3) is 54.1 Å². The highest BCUT2D eigenvalue weighted by atomic mass is 16.6. The minimum absolute atomic E-state index is 0.151. The van der Waals surface area contributed by atoms with E-state index in [4.69, 9.17) is 30.2 Å². The summed E-state index contributed by atoms with van der Waals surface area (Å²) in [4.78, 5) is 75.9. The van der Waals surface area contributed by atoms with Gasteiger partial charge in [0.15, 0.2) is 0 Å². The van der Waals surface area contributed by atoms with Crippen molar-refractivity contribution in [3.8, 4) is 0 Å². The molecule has 18 heteroatoms. The molecule has 4 N–H and O–H groups in total. The van der Waals surface area contributed by atoms with Crippen LogP contribution in [0.4, 0.5) is 11.4 Å². The van der Waals surface area contributed by atoms with Crippen molar-refractivity contribution in [2.45, 2.75) is 24.9 Å². The van der Waals surface area contributed by atoms with Gasteiger partial charge in [-0.25, -0.2) is 19.2 Å². The Balaban J connectivity index is 0.000000202. The number of nitrogens with two attached hydrogens (primary N) is 1. The summed E-state index contributed by atoms with van der Waals surface area (Å²) in [5, 5.41) is 26.8. The number of aromatic nitrogens is 2. The van der Waals surface area contributed by atoms with E-state index in [1.807, 2.05) is 97.1 Å². The molecule has 8 aromatic rings. The molecule has 0 spiro atoms. The zero-order chi connectivity index (χ0) is 48.2. The van der Waals surface area contributed by atoms with E-state index in [0.717, 1.165) is 32.6 Å². The number of esters is 4. The second kappa shape index (κ2) is 21.7. The van der Waals surface area contributed by atoms with Crippen LogP contribution in [0, 0.1) is 0 Å². The first kappa shape index (κ1) is 46.8. The van der Waals surface area contributed by atoms with Crippen LogP contribution in [0.3, 0.4) is 0 Å². The van der Waals surface area contributed by atoms with E-state index in [0.29, 0.717) is 28.0 Å². The first-order valence-corrected chi connectivity index (χ1v) is 21.0. The molecule has 0 aliphatic rings. The quantitative estimate of drug-likeness (QED) is 0.0147. The van der Waals surface area contributed by atoms with Gasteiger partial charge in [-0.2, -0.15) is 0 Å². The number of hydrogen-bond donors (Lipinski definition) is 3. The van der Waals surface area contributed by atoms with Gasteiger partial charge in [-0.1, -0.05) is 90.0 Å². The Kier molecular flexibility index (Phi) is 14.9. The number of carbonyl (C=O) groups excluding carboxylic acids is 4. The van der Waals surface area contributed by atoms with Gasteiger partial charge in [0.25, 0.3) is 0 Å². The van der Waals surface area contributed by atoms with Crippen LogP contribution >= 0.6 is 0 Å². The molecule has 0 radical (unpaired) electrons. The van der Waals surface area contributed by atoms with Crippen molar-refractivity contribution in [3.63, 3.8) is 0 Å². The highest BCUT2D eigenvalue weighted by Crippen LogP contribution is 2.34. The topological polar surface area (TPSA) is 264 Å². The largest absolute Gasteiger partial charge is 0.480 e. The van der Waals surface area contributed by atoms with Crippen LogP contribution in [0.1, 0.15) is 45.6 Å². The number of rotatable bonds is 17. The third kappa shape index (κ3) is 10.8. The van der Waals surface area contributed by atoms with E-state index in [2.05, 4.69) is 10.0 Å². The number of nitrogens with zero attached hydrogens (tertiary/aromatic N) is 5. The van der Waals surface area contributed by atoms with Gasteiger partial charge in [0.1, 0.15) is 38.5 Å². The molecule has 0 aliphatic heterocycles. The molecule has 0 fully saturated rings. The van der Waals surface area contributed by atoms with Crippen molar-refractivity contribution in [2.24, 2.45) is 5.11 Å². The Morgan fingerprint density at radius 1 is 0.500 bits per heavy atom. The number of carbonyl (C=O) groups is 6. The van der Waals surface area contributed by atoms with E-state index in [1.165, 1.54) is 36.4 Å². The normalized spacial score (nSPS) is 11.7. The first-order chi connectivity index (χ1) is 32.9. The van der Waals surface area contributed by atoms with Crippen molar-refractivity contribution in [1.82, 2.24) is 9.13 Å². The number of hydrogen-bond acceptors (Lipinski definition) is 12. The number of azide groups is 1. The predicted octanol–water partition coefficient (Wildman–Crippen LogP) is 8.95. The lowest BCUT2D eigenvalue weighted by atomic mass is 10.2. The molecule has 0 bridgehead atoms. The number of aliphatic carboxylic acids is 2. The standard InChI is InChI=1S/C25H20N4O6.C25H22N2O6/c26-28-27-17-11-9-16(10-12-17)25(33)35-14-13-34-23(30)15-22(24(31)32)29-20-7-3-1-5-18(20)19-6-2-4-8-21(19)29;26-17-11-9-16(10-12-17)25(31)33-14-13-32-23(28)15-22(24(29)30)27-20-7-3-1-5-18(20)19-6-2-4-8-21(19)27/h1-12,22H,13-15H2,(H,31,32);1-12,22H,13-15,26H2,(H,29,30)/t2*22-/m00/s1. The van der Waals surface area contributed by atoms with Crippen LogP contribution < -0.4 is 5.73 Å². The number of fused-ring (bicyclic) bond motifs is 6. The Bertz CT molecular complexity index is 3100. The summed E-state index contributed by atoms with van der Waals surface area (Å²) in [5.74, 6) is -4.94. The highest BCUT2D eigenvalue weighted by molar-refractivity contribution is 6.10. The molecular weight excluding hydrogens is 877 g/mol. The van der Waals surface area contributed by atoms with Gasteiger partial charge in [0.2, 0.25) is 0 Å². The molecule has 0 amide bonds. The van der Waals surface area contributed by atoms with Gasteiger partial charge in [-0.3, -0.25) is 9.59 Å². The van der Waals surface area contributed by atoms with Gasteiger partial charge in [0.05, 0.1) is 24.0 Å². The van der Waals surface area contributed by atoms with Crippen LogP contribution in [0.5, 0.6) is 0 Å². The van der Waals surface area contributed by atoms with Gasteiger partial charge in [0, 0.05) is 59.9 Å². The van der Waals surface area contributed by atoms with E-state index >= 15 is 0 Å². The van der Waals surface area contributed by atoms with Crippen LogP contribution in [0.2, 0.25) is 0 Å². The van der Waals surface area contributed by atoms with Crippen molar-refractivity contribution in [2.75, 3.05) is 32.2 Å². The molecule has 0 aliphatic carbocycles. The molecule has 344 valence electrons. The summed E-state index contributed by atoms with van der Waals surface area (Å²) in [5.41, 5.74) is 18.3. The van der Waals surface area contributed by atoms with Crippen molar-refractivity contribution < 1.29 is 57.9 Å². The van der Waals surface area contributed by atoms with Crippen LogP contribution in [-0.2, 0) is 38.1 Å². The van der Waals surface area contributed by atoms with E-state index in [1.54, 1.807) is 21.3 Å². The Hall–Kier alpha value is -9.15. The number of para-hydroxylation sites is 4. The molecule has 8 rings (SSSR count). The lowest BCUT2D eigenvalue weighted by Gasteiger charge is -2.17. The number of carboxylic acid groups (broad SMARTS) is 2. The minimum atomic E-state index is -1.18. The zero-order valence-electron chi connectivity index (χ0n) is 36.0. The second-order valence-corrected chi connectivity index (χ2v) is 15.0. The number of ether oxygens (including phenoxy) is 4. The highest BCUT2D eigenvalue weighted by Gasteiger charge is 2.29. The van der Waals surface area contributed by atoms with Gasteiger partial charge < -0.3 is 44.0 Å². The lowest BCUT2D eigenvalue weighted by Crippen LogP contribution is -2.24. The van der Waals surface area contributed by atoms with E-state index in [-0.39, 0.29) is 38.4 Å². The zero-order valence-corrected chi connectivity index (χ0v) is 36.0. The molecule has 0 saturated heterocycles. The first-order valence-electron chi connectivity index (χ1n) is 21.0. The molecule has 68 heavy (non-hydrogen) atoms. The Morgan fingerprint density at radius 3 is 1.16 bits per heavy atom. The summed E-state index contributed by atoms with van der Waals surface area (Å²) in [6, 6.07) is 39.5. The summed E-state index contributed by atoms with van der Waals surface area (Å²) in [7, 11) is 0. The minimum Gasteiger partial charge on any atom is -0.480 e. The fraction of sp³-hybridized carbons (Fsp3) is 0.160. The smallest absolute Gasteiger partial charge is 0.338 e. The molecule has 0 unspecified atom stereocenters. The average molecular weight is 919 g/mol. The molecular formula is C50H42N6O12. The summed E-state index contributed by atoms with van der Waals surface area (Å²) >= 11 is 0. The fourth-order valence-electron chi connectivity index (χ4n) is 7.67.